The Hall–Kier alpha value is -1.30. The fourth-order valence-corrected chi connectivity index (χ4v) is 1.50. The zero-order valence-corrected chi connectivity index (χ0v) is 12.8. The molecular weight excluding hydrogens is 260 g/mol. The summed E-state index contributed by atoms with van der Waals surface area (Å²) >= 11 is 0. The number of aliphatic carboxylic acids is 1. The van der Waals surface area contributed by atoms with Crippen molar-refractivity contribution in [1.29, 1.82) is 0 Å². The van der Waals surface area contributed by atoms with Gasteiger partial charge in [-0.25, -0.2) is 4.79 Å². The van der Waals surface area contributed by atoms with Crippen LogP contribution in [0.3, 0.4) is 0 Å². The third-order valence-corrected chi connectivity index (χ3v) is 2.66. The van der Waals surface area contributed by atoms with Gasteiger partial charge in [0.1, 0.15) is 0 Å². The lowest BCUT2D eigenvalue weighted by Crippen LogP contribution is -2.38. The molecule has 6 nitrogen and oxygen atoms in total. The van der Waals surface area contributed by atoms with Gasteiger partial charge < -0.3 is 20.5 Å². The second kappa shape index (κ2) is 11.5. The first-order chi connectivity index (χ1) is 9.41. The molecular formula is C14H28N2O4. The monoisotopic (exact) mass is 288 g/mol. The minimum absolute atomic E-state index is 0.137. The Balaban J connectivity index is 3.42. The van der Waals surface area contributed by atoms with E-state index >= 15 is 0 Å². The van der Waals surface area contributed by atoms with E-state index in [4.69, 9.17) is 9.84 Å². The van der Waals surface area contributed by atoms with Gasteiger partial charge in [0, 0.05) is 32.7 Å². The van der Waals surface area contributed by atoms with Crippen LogP contribution in [-0.4, -0.2) is 43.4 Å². The standard InChI is InChI=1S/C14H28N2O4/c1-11(2)10-20-8-4-7-15-14(19)16-9-12(3)5-6-13(17)18/h11-12H,4-10H2,1-3H3,(H,17,18)(H2,15,16,19). The number of carbonyl (C=O) groups excluding carboxylic acids is 1. The molecule has 0 bridgehead atoms. The van der Waals surface area contributed by atoms with E-state index in [1.165, 1.54) is 0 Å². The lowest BCUT2D eigenvalue weighted by atomic mass is 10.1. The number of hydrogen-bond donors (Lipinski definition) is 3. The minimum Gasteiger partial charge on any atom is -0.481 e. The van der Waals surface area contributed by atoms with Gasteiger partial charge in [-0.2, -0.15) is 0 Å². The Morgan fingerprint density at radius 2 is 1.90 bits per heavy atom. The van der Waals surface area contributed by atoms with Gasteiger partial charge in [0.25, 0.3) is 0 Å². The fourth-order valence-electron chi connectivity index (χ4n) is 1.50. The maximum Gasteiger partial charge on any atom is 0.314 e. The molecule has 3 N–H and O–H groups in total. The van der Waals surface area contributed by atoms with Crippen molar-refractivity contribution in [2.24, 2.45) is 11.8 Å². The van der Waals surface area contributed by atoms with E-state index in [0.717, 1.165) is 13.0 Å². The Morgan fingerprint density at radius 3 is 2.50 bits per heavy atom. The van der Waals surface area contributed by atoms with Crippen LogP contribution in [0.1, 0.15) is 40.0 Å². The Kier molecular flexibility index (Phi) is 10.8. The average Bonchev–Trinajstić information content (AvgIpc) is 2.37. The van der Waals surface area contributed by atoms with E-state index in [2.05, 4.69) is 24.5 Å². The van der Waals surface area contributed by atoms with Crippen LogP contribution in [0, 0.1) is 11.8 Å². The lowest BCUT2D eigenvalue weighted by Gasteiger charge is -2.12. The number of urea groups is 1. The molecule has 0 saturated heterocycles. The van der Waals surface area contributed by atoms with Gasteiger partial charge in [-0.1, -0.05) is 20.8 Å². The maximum atomic E-state index is 11.4. The highest BCUT2D eigenvalue weighted by atomic mass is 16.5. The molecule has 0 aliphatic rings. The summed E-state index contributed by atoms with van der Waals surface area (Å²) in [4.78, 5) is 21.8. The third-order valence-electron chi connectivity index (χ3n) is 2.66. The smallest absolute Gasteiger partial charge is 0.314 e. The number of ether oxygens (including phenoxy) is 1. The number of carboxylic acids is 1. The van der Waals surface area contributed by atoms with E-state index in [1.54, 1.807) is 0 Å². The largest absolute Gasteiger partial charge is 0.481 e. The molecule has 0 radical (unpaired) electrons. The minimum atomic E-state index is -0.803. The number of hydrogen-bond acceptors (Lipinski definition) is 3. The maximum absolute atomic E-state index is 11.4. The zero-order valence-electron chi connectivity index (χ0n) is 12.8. The molecule has 1 atom stereocenters. The van der Waals surface area contributed by atoms with Crippen LogP contribution < -0.4 is 10.6 Å². The van der Waals surface area contributed by atoms with Crippen molar-refractivity contribution in [2.45, 2.75) is 40.0 Å². The van der Waals surface area contributed by atoms with Crippen LogP contribution in [0.25, 0.3) is 0 Å². The molecule has 0 aromatic heterocycles. The first kappa shape index (κ1) is 18.7. The van der Waals surface area contributed by atoms with E-state index in [9.17, 15) is 9.59 Å². The van der Waals surface area contributed by atoms with Crippen molar-refractivity contribution in [2.75, 3.05) is 26.3 Å². The van der Waals surface area contributed by atoms with Crippen LogP contribution in [-0.2, 0) is 9.53 Å². The van der Waals surface area contributed by atoms with Crippen molar-refractivity contribution in [3.05, 3.63) is 0 Å². The van der Waals surface area contributed by atoms with E-state index < -0.39 is 5.97 Å². The summed E-state index contributed by atoms with van der Waals surface area (Å²) in [5.41, 5.74) is 0. The fraction of sp³-hybridized carbons (Fsp3) is 0.857. The average molecular weight is 288 g/mol. The molecule has 0 heterocycles. The Morgan fingerprint density at radius 1 is 1.20 bits per heavy atom. The highest BCUT2D eigenvalue weighted by Crippen LogP contribution is 2.03. The normalized spacial score (nSPS) is 12.2. The summed E-state index contributed by atoms with van der Waals surface area (Å²) in [7, 11) is 0. The van der Waals surface area contributed by atoms with Gasteiger partial charge in [0.2, 0.25) is 0 Å². The van der Waals surface area contributed by atoms with Crippen molar-refractivity contribution >= 4 is 12.0 Å². The summed E-state index contributed by atoms with van der Waals surface area (Å²) in [5.74, 6) is -0.118. The van der Waals surface area contributed by atoms with Crippen molar-refractivity contribution in [3.63, 3.8) is 0 Å². The molecule has 0 aliphatic heterocycles. The van der Waals surface area contributed by atoms with E-state index in [1.807, 2.05) is 6.92 Å². The van der Waals surface area contributed by atoms with Crippen LogP contribution in [0.5, 0.6) is 0 Å². The first-order valence-electron chi connectivity index (χ1n) is 7.23. The second-order valence-electron chi connectivity index (χ2n) is 5.50. The molecule has 6 heteroatoms. The van der Waals surface area contributed by atoms with Crippen molar-refractivity contribution in [1.82, 2.24) is 10.6 Å². The van der Waals surface area contributed by atoms with Gasteiger partial charge in [-0.3, -0.25) is 4.79 Å². The first-order valence-corrected chi connectivity index (χ1v) is 7.23. The molecule has 0 spiro atoms. The highest BCUT2D eigenvalue weighted by Gasteiger charge is 2.07. The van der Waals surface area contributed by atoms with Crippen LogP contribution in [0.15, 0.2) is 0 Å². The molecule has 0 aliphatic carbocycles. The summed E-state index contributed by atoms with van der Waals surface area (Å²) in [6.07, 6.45) is 1.49. The van der Waals surface area contributed by atoms with Crippen molar-refractivity contribution in [3.8, 4) is 0 Å². The molecule has 2 amide bonds. The molecule has 1 unspecified atom stereocenters. The summed E-state index contributed by atoms with van der Waals surface area (Å²) in [6.45, 7) is 8.56. The number of carbonyl (C=O) groups is 2. The van der Waals surface area contributed by atoms with E-state index in [0.29, 0.717) is 32.0 Å². The van der Waals surface area contributed by atoms with Gasteiger partial charge in [0.15, 0.2) is 0 Å². The molecule has 20 heavy (non-hydrogen) atoms. The van der Waals surface area contributed by atoms with Gasteiger partial charge in [-0.05, 0) is 24.7 Å². The van der Waals surface area contributed by atoms with Crippen LogP contribution in [0.2, 0.25) is 0 Å². The molecule has 0 fully saturated rings. The lowest BCUT2D eigenvalue weighted by molar-refractivity contribution is -0.137. The molecule has 118 valence electrons. The summed E-state index contributed by atoms with van der Waals surface area (Å²) < 4.78 is 5.40. The summed E-state index contributed by atoms with van der Waals surface area (Å²) in [6, 6.07) is -0.212. The third kappa shape index (κ3) is 13.1. The second-order valence-corrected chi connectivity index (χ2v) is 5.50. The number of rotatable bonds is 11. The van der Waals surface area contributed by atoms with Gasteiger partial charge in [0.05, 0.1) is 0 Å². The van der Waals surface area contributed by atoms with Gasteiger partial charge in [-0.15, -0.1) is 0 Å². The predicted molar refractivity (Wildman–Crippen MR) is 77.7 cm³/mol. The zero-order chi connectivity index (χ0) is 15.4. The number of carboxylic acid groups (broad SMARTS) is 1. The molecule has 0 saturated carbocycles. The predicted octanol–water partition coefficient (Wildman–Crippen LogP) is 1.85. The highest BCUT2D eigenvalue weighted by molar-refractivity contribution is 5.73. The molecule has 0 aromatic carbocycles. The van der Waals surface area contributed by atoms with Crippen LogP contribution >= 0.6 is 0 Å². The number of nitrogens with one attached hydrogen (secondary N) is 2. The van der Waals surface area contributed by atoms with Crippen LogP contribution in [0.4, 0.5) is 4.79 Å². The quantitative estimate of drug-likeness (QED) is 0.506. The SMILES string of the molecule is CC(C)COCCCNC(=O)NCC(C)CCC(=O)O. The molecule has 0 aromatic rings. The Bertz CT molecular complexity index is 282. The summed E-state index contributed by atoms with van der Waals surface area (Å²) in [5, 5.41) is 14.0. The van der Waals surface area contributed by atoms with E-state index in [-0.39, 0.29) is 18.4 Å². The van der Waals surface area contributed by atoms with Gasteiger partial charge >= 0.3 is 12.0 Å². The van der Waals surface area contributed by atoms with Crippen molar-refractivity contribution < 1.29 is 19.4 Å². The molecule has 0 rings (SSSR count). The number of amides is 2. The Labute approximate surface area is 121 Å². The topological polar surface area (TPSA) is 87.7 Å².